The third-order valence-electron chi connectivity index (χ3n) is 3.69. The molecule has 90 valence electrons. The Morgan fingerprint density at radius 1 is 1.56 bits per heavy atom. The Morgan fingerprint density at radius 3 is 2.69 bits per heavy atom. The fourth-order valence-electron chi connectivity index (χ4n) is 2.13. The monoisotopic (exact) mass is 259 g/mol. The van der Waals surface area contributed by atoms with Gasteiger partial charge in [0, 0.05) is 22.4 Å². The molecule has 0 radical (unpaired) electrons. The molecule has 0 bridgehead atoms. The maximum atomic E-state index is 9.68. The van der Waals surface area contributed by atoms with Gasteiger partial charge in [-0.1, -0.05) is 25.4 Å². The molecule has 0 aromatic carbocycles. The van der Waals surface area contributed by atoms with E-state index < -0.39 is 0 Å². The zero-order chi connectivity index (χ0) is 11.9. The Kier molecular flexibility index (Phi) is 3.32. The zero-order valence-corrected chi connectivity index (χ0v) is 11.4. The van der Waals surface area contributed by atoms with Crippen molar-refractivity contribution in [3.05, 3.63) is 21.3 Å². The van der Waals surface area contributed by atoms with Crippen LogP contribution in [-0.4, -0.2) is 17.3 Å². The van der Waals surface area contributed by atoms with Gasteiger partial charge in [0.15, 0.2) is 0 Å². The number of thiophene rings is 1. The maximum absolute atomic E-state index is 9.68. The molecule has 2 rings (SSSR count). The van der Waals surface area contributed by atoms with Crippen molar-refractivity contribution in [3.8, 4) is 0 Å². The van der Waals surface area contributed by atoms with E-state index >= 15 is 0 Å². The molecule has 4 heteroatoms. The summed E-state index contributed by atoms with van der Waals surface area (Å²) in [6, 6.07) is 4.68. The second-order valence-electron chi connectivity index (χ2n) is 5.16. The van der Waals surface area contributed by atoms with Crippen LogP contribution in [0.3, 0.4) is 0 Å². The number of aliphatic hydroxyl groups is 1. The molecule has 3 unspecified atom stereocenters. The minimum absolute atomic E-state index is 0.0185. The van der Waals surface area contributed by atoms with E-state index in [-0.39, 0.29) is 11.5 Å². The number of rotatable bonds is 3. The first kappa shape index (κ1) is 12.4. The van der Waals surface area contributed by atoms with E-state index in [2.05, 4.69) is 32.2 Å². The predicted molar refractivity (Wildman–Crippen MR) is 69.1 cm³/mol. The first-order valence-corrected chi connectivity index (χ1v) is 6.80. The summed E-state index contributed by atoms with van der Waals surface area (Å²) < 4.78 is 0.830. The highest BCUT2D eigenvalue weighted by molar-refractivity contribution is 7.16. The summed E-state index contributed by atoms with van der Waals surface area (Å²) in [4.78, 5) is 1.25. The van der Waals surface area contributed by atoms with Gasteiger partial charge < -0.3 is 10.4 Å². The lowest BCUT2D eigenvalue weighted by molar-refractivity contribution is -0.0753. The fraction of sp³-hybridized carbons (Fsp3) is 0.667. The first-order valence-electron chi connectivity index (χ1n) is 5.60. The van der Waals surface area contributed by atoms with Crippen LogP contribution in [0.25, 0.3) is 0 Å². The molecule has 0 aliphatic heterocycles. The Bertz CT molecular complexity index is 377. The van der Waals surface area contributed by atoms with Crippen LogP contribution < -0.4 is 5.32 Å². The van der Waals surface area contributed by atoms with E-state index in [1.54, 1.807) is 11.3 Å². The number of halogens is 1. The van der Waals surface area contributed by atoms with E-state index in [9.17, 15) is 5.11 Å². The number of aliphatic hydroxyl groups excluding tert-OH is 1. The summed E-state index contributed by atoms with van der Waals surface area (Å²) in [6.45, 7) is 6.35. The number of hydrogen-bond donors (Lipinski definition) is 2. The molecule has 2 nitrogen and oxygen atoms in total. The molecule has 1 aromatic rings. The molecular formula is C12H18ClNOS. The van der Waals surface area contributed by atoms with Crippen molar-refractivity contribution in [1.82, 2.24) is 5.32 Å². The Morgan fingerprint density at radius 2 is 2.25 bits per heavy atom. The molecule has 3 atom stereocenters. The van der Waals surface area contributed by atoms with Gasteiger partial charge in [-0.25, -0.2) is 0 Å². The number of nitrogens with one attached hydrogen (secondary N) is 1. The highest BCUT2D eigenvalue weighted by atomic mass is 35.5. The number of hydrogen-bond acceptors (Lipinski definition) is 3. The molecule has 1 aliphatic carbocycles. The minimum Gasteiger partial charge on any atom is -0.392 e. The normalized spacial score (nSPS) is 29.8. The van der Waals surface area contributed by atoms with Crippen molar-refractivity contribution >= 4 is 22.9 Å². The van der Waals surface area contributed by atoms with Gasteiger partial charge in [-0.2, -0.15) is 0 Å². The molecule has 1 aliphatic rings. The largest absolute Gasteiger partial charge is 0.392 e. The van der Waals surface area contributed by atoms with Crippen LogP contribution in [-0.2, 0) is 0 Å². The molecule has 1 fully saturated rings. The van der Waals surface area contributed by atoms with E-state index in [0.717, 1.165) is 10.8 Å². The highest BCUT2D eigenvalue weighted by Gasteiger charge is 2.47. The first-order chi connectivity index (χ1) is 7.41. The van der Waals surface area contributed by atoms with Gasteiger partial charge in [0.05, 0.1) is 10.4 Å². The second kappa shape index (κ2) is 4.30. The molecular weight excluding hydrogens is 242 g/mol. The summed E-state index contributed by atoms with van der Waals surface area (Å²) in [5, 5.41) is 13.2. The molecule has 0 spiro atoms. The van der Waals surface area contributed by atoms with Gasteiger partial charge in [-0.05, 0) is 25.5 Å². The summed E-state index contributed by atoms with van der Waals surface area (Å²) in [5.74, 6) is 0. The third-order valence-corrected chi connectivity index (χ3v) is 5.10. The van der Waals surface area contributed by atoms with Gasteiger partial charge in [0.2, 0.25) is 0 Å². The molecule has 0 saturated heterocycles. The second-order valence-corrected chi connectivity index (χ2v) is 6.90. The van der Waals surface area contributed by atoms with Crippen molar-refractivity contribution in [2.45, 2.75) is 45.4 Å². The average molecular weight is 260 g/mol. The Labute approximate surface area is 106 Å². The zero-order valence-electron chi connectivity index (χ0n) is 9.83. The fourth-order valence-corrected chi connectivity index (χ4v) is 3.20. The molecule has 1 saturated carbocycles. The topological polar surface area (TPSA) is 32.3 Å². The Balaban J connectivity index is 1.96. The smallest absolute Gasteiger partial charge is 0.0931 e. The maximum Gasteiger partial charge on any atom is 0.0931 e. The van der Waals surface area contributed by atoms with Crippen molar-refractivity contribution in [3.63, 3.8) is 0 Å². The lowest BCUT2D eigenvalue weighted by atomic mass is 9.64. The standard InChI is InChI=1S/C12H18ClNOS/c1-7(8-4-5-11(13)16-8)14-9-6-10(15)12(9,2)3/h4-5,7,9-10,14-15H,6H2,1-3H3. The highest BCUT2D eigenvalue weighted by Crippen LogP contribution is 2.41. The summed E-state index contributed by atoms with van der Waals surface area (Å²) in [7, 11) is 0. The van der Waals surface area contributed by atoms with Gasteiger partial charge in [-0.15, -0.1) is 11.3 Å². The predicted octanol–water partition coefficient (Wildman–Crippen LogP) is 3.21. The lowest BCUT2D eigenvalue weighted by Crippen LogP contribution is -2.60. The van der Waals surface area contributed by atoms with Crippen LogP contribution in [0.2, 0.25) is 4.34 Å². The van der Waals surface area contributed by atoms with Crippen molar-refractivity contribution in [2.24, 2.45) is 5.41 Å². The van der Waals surface area contributed by atoms with Gasteiger partial charge in [-0.3, -0.25) is 0 Å². The molecule has 2 N–H and O–H groups in total. The van der Waals surface area contributed by atoms with Crippen LogP contribution in [0.5, 0.6) is 0 Å². The molecule has 1 heterocycles. The minimum atomic E-state index is -0.177. The van der Waals surface area contributed by atoms with Crippen LogP contribution in [0.1, 0.15) is 38.1 Å². The van der Waals surface area contributed by atoms with Gasteiger partial charge in [0.1, 0.15) is 0 Å². The molecule has 16 heavy (non-hydrogen) atoms. The van der Waals surface area contributed by atoms with Crippen molar-refractivity contribution in [2.75, 3.05) is 0 Å². The van der Waals surface area contributed by atoms with Crippen molar-refractivity contribution < 1.29 is 5.11 Å². The van der Waals surface area contributed by atoms with Crippen LogP contribution in [0, 0.1) is 5.41 Å². The summed E-state index contributed by atoms with van der Waals surface area (Å²) in [6.07, 6.45) is 0.667. The lowest BCUT2D eigenvalue weighted by Gasteiger charge is -2.50. The van der Waals surface area contributed by atoms with E-state index in [4.69, 9.17) is 11.6 Å². The summed E-state index contributed by atoms with van der Waals surface area (Å²) >= 11 is 7.53. The van der Waals surface area contributed by atoms with Gasteiger partial charge >= 0.3 is 0 Å². The molecule has 0 amide bonds. The van der Waals surface area contributed by atoms with E-state index in [1.165, 1.54) is 4.88 Å². The van der Waals surface area contributed by atoms with E-state index in [1.807, 2.05) is 6.07 Å². The van der Waals surface area contributed by atoms with Crippen LogP contribution in [0.4, 0.5) is 0 Å². The summed E-state index contributed by atoms with van der Waals surface area (Å²) in [5.41, 5.74) is -0.0185. The SMILES string of the molecule is CC(NC1CC(O)C1(C)C)c1ccc(Cl)s1. The van der Waals surface area contributed by atoms with Gasteiger partial charge in [0.25, 0.3) is 0 Å². The van der Waals surface area contributed by atoms with Crippen molar-refractivity contribution in [1.29, 1.82) is 0 Å². The van der Waals surface area contributed by atoms with E-state index in [0.29, 0.717) is 12.1 Å². The average Bonchev–Trinajstić information content (AvgIpc) is 2.64. The van der Waals surface area contributed by atoms with Crippen LogP contribution in [0.15, 0.2) is 12.1 Å². The Hall–Kier alpha value is -0.0900. The molecule has 1 aromatic heterocycles. The quantitative estimate of drug-likeness (QED) is 0.874. The third kappa shape index (κ3) is 2.14. The van der Waals surface area contributed by atoms with Crippen LogP contribution >= 0.6 is 22.9 Å².